The molecule has 0 radical (unpaired) electrons. The number of benzene rings is 2. The van der Waals surface area contributed by atoms with Crippen LogP contribution in [0, 0.1) is 0 Å². The number of likely N-dealkylation sites (N-methyl/N-ethyl adjacent to an activating group) is 1. The molecule has 162 valence electrons. The predicted octanol–water partition coefficient (Wildman–Crippen LogP) is 4.62. The third-order valence-electron chi connectivity index (χ3n) is 5.40. The fourth-order valence-corrected chi connectivity index (χ4v) is 4.19. The summed E-state index contributed by atoms with van der Waals surface area (Å²) in [5, 5.41) is 4.93. The van der Waals surface area contributed by atoms with Crippen LogP contribution >= 0.6 is 11.3 Å². The van der Waals surface area contributed by atoms with Crippen LogP contribution in [0.3, 0.4) is 0 Å². The Morgan fingerprint density at radius 2 is 1.68 bits per heavy atom. The number of nitrogens with zero attached hydrogens (tertiary/aromatic N) is 2. The molecule has 0 fully saturated rings. The van der Waals surface area contributed by atoms with Gasteiger partial charge in [-0.3, -0.25) is 9.59 Å². The van der Waals surface area contributed by atoms with Crippen molar-refractivity contribution in [3.63, 3.8) is 0 Å². The second-order valence-corrected chi connectivity index (χ2v) is 8.59. The minimum atomic E-state index is -0.196. The van der Waals surface area contributed by atoms with E-state index in [9.17, 15) is 9.59 Å². The number of nitrogens with one attached hydrogen (secondary N) is 1. The molecule has 2 amide bonds. The molecule has 1 N–H and O–H groups in total. The molecule has 0 bridgehead atoms. The Hall–Kier alpha value is -2.96. The third-order valence-corrected chi connectivity index (χ3v) is 6.26. The van der Waals surface area contributed by atoms with Crippen LogP contribution in [0.2, 0.25) is 0 Å². The highest BCUT2D eigenvalue weighted by Gasteiger charge is 2.21. The van der Waals surface area contributed by atoms with Crippen molar-refractivity contribution in [3.05, 3.63) is 87.6 Å². The monoisotopic (exact) mass is 435 g/mol. The lowest BCUT2D eigenvalue weighted by Crippen LogP contribution is -2.35. The molecule has 1 unspecified atom stereocenters. The molecule has 1 atom stereocenters. The summed E-state index contributed by atoms with van der Waals surface area (Å²) in [6.07, 6.45) is 0.998. The average Bonchev–Trinajstić information content (AvgIpc) is 3.33. The lowest BCUT2D eigenvalue weighted by Gasteiger charge is -2.26. The Kier molecular flexibility index (Phi) is 7.60. The number of rotatable bonds is 8. The van der Waals surface area contributed by atoms with Gasteiger partial charge in [0.15, 0.2) is 0 Å². The zero-order chi connectivity index (χ0) is 22.4. The van der Waals surface area contributed by atoms with Crippen molar-refractivity contribution in [2.45, 2.75) is 19.4 Å². The summed E-state index contributed by atoms with van der Waals surface area (Å²) >= 11 is 1.39. The van der Waals surface area contributed by atoms with Crippen molar-refractivity contribution < 1.29 is 9.59 Å². The maximum absolute atomic E-state index is 13.1. The van der Waals surface area contributed by atoms with Gasteiger partial charge in [-0.25, -0.2) is 0 Å². The van der Waals surface area contributed by atoms with Crippen LogP contribution in [-0.4, -0.2) is 44.4 Å². The first-order valence-electron chi connectivity index (χ1n) is 10.4. The maximum atomic E-state index is 13.1. The van der Waals surface area contributed by atoms with Gasteiger partial charge in [0.2, 0.25) is 0 Å². The van der Waals surface area contributed by atoms with E-state index in [1.807, 2.05) is 37.7 Å². The van der Waals surface area contributed by atoms with Crippen LogP contribution in [0.25, 0.3) is 0 Å². The highest BCUT2D eigenvalue weighted by molar-refractivity contribution is 7.12. The maximum Gasteiger partial charge on any atom is 0.268 e. The Morgan fingerprint density at radius 3 is 2.29 bits per heavy atom. The van der Waals surface area contributed by atoms with Gasteiger partial charge >= 0.3 is 0 Å². The van der Waals surface area contributed by atoms with Crippen LogP contribution < -0.4 is 10.2 Å². The van der Waals surface area contributed by atoms with Crippen LogP contribution in [0.1, 0.15) is 44.1 Å². The van der Waals surface area contributed by atoms with E-state index in [0.29, 0.717) is 22.7 Å². The lowest BCUT2D eigenvalue weighted by atomic mass is 10.0. The first kappa shape index (κ1) is 22.7. The van der Waals surface area contributed by atoms with Gasteiger partial charge in [-0.05, 0) is 55.2 Å². The van der Waals surface area contributed by atoms with Crippen LogP contribution in [0.15, 0.2) is 66.0 Å². The molecule has 0 saturated carbocycles. The first-order chi connectivity index (χ1) is 14.9. The number of carbonyl (C=O) groups is 2. The highest BCUT2D eigenvalue weighted by Crippen LogP contribution is 2.23. The summed E-state index contributed by atoms with van der Waals surface area (Å²) in [4.78, 5) is 30.1. The number of hydrogen-bond acceptors (Lipinski definition) is 4. The van der Waals surface area contributed by atoms with Gasteiger partial charge in [-0.15, -0.1) is 11.3 Å². The molecule has 5 nitrogen and oxygen atoms in total. The third kappa shape index (κ3) is 5.40. The molecule has 3 rings (SSSR count). The van der Waals surface area contributed by atoms with E-state index in [-0.39, 0.29) is 17.9 Å². The minimum Gasteiger partial charge on any atom is -0.350 e. The van der Waals surface area contributed by atoms with Crippen molar-refractivity contribution >= 4 is 28.8 Å². The Bertz CT molecular complexity index is 1010. The number of carbonyl (C=O) groups excluding carboxylic acids is 2. The zero-order valence-electron chi connectivity index (χ0n) is 18.5. The Morgan fingerprint density at radius 1 is 0.968 bits per heavy atom. The molecule has 1 aromatic heterocycles. The van der Waals surface area contributed by atoms with Crippen LogP contribution in [0.5, 0.6) is 0 Å². The number of anilines is 1. The van der Waals surface area contributed by atoms with Gasteiger partial charge in [-0.2, -0.15) is 0 Å². The summed E-state index contributed by atoms with van der Waals surface area (Å²) in [5.74, 6) is -0.323. The molecule has 0 aliphatic heterocycles. The van der Waals surface area contributed by atoms with E-state index >= 15 is 0 Å². The van der Waals surface area contributed by atoms with Crippen molar-refractivity contribution in [1.82, 2.24) is 10.2 Å². The van der Waals surface area contributed by atoms with Gasteiger partial charge in [0.25, 0.3) is 11.8 Å². The molecular weight excluding hydrogens is 406 g/mol. The van der Waals surface area contributed by atoms with Crippen molar-refractivity contribution in [1.29, 1.82) is 0 Å². The number of amides is 2. The van der Waals surface area contributed by atoms with Crippen molar-refractivity contribution in [2.24, 2.45) is 0 Å². The summed E-state index contributed by atoms with van der Waals surface area (Å²) in [7, 11) is 5.71. The first-order valence-corrected chi connectivity index (χ1v) is 11.2. The largest absolute Gasteiger partial charge is 0.350 e. The number of hydrogen-bond donors (Lipinski definition) is 1. The normalized spacial score (nSPS) is 11.9. The second kappa shape index (κ2) is 10.4. The van der Waals surface area contributed by atoms with E-state index in [0.717, 1.165) is 12.0 Å². The second-order valence-electron chi connectivity index (χ2n) is 7.64. The summed E-state index contributed by atoms with van der Waals surface area (Å²) < 4.78 is 0. The smallest absolute Gasteiger partial charge is 0.268 e. The zero-order valence-corrected chi connectivity index (χ0v) is 19.3. The number of thiophene rings is 1. The van der Waals surface area contributed by atoms with Gasteiger partial charge in [0.1, 0.15) is 0 Å². The fourth-order valence-electron chi connectivity index (χ4n) is 3.49. The van der Waals surface area contributed by atoms with Crippen molar-refractivity contribution in [2.75, 3.05) is 32.6 Å². The predicted molar refractivity (Wildman–Crippen MR) is 128 cm³/mol. The van der Waals surface area contributed by atoms with E-state index < -0.39 is 0 Å². The molecule has 0 saturated heterocycles. The number of para-hydroxylation sites is 1. The molecule has 0 aliphatic rings. The minimum absolute atomic E-state index is 0.0486. The Balaban J connectivity index is 1.76. The van der Waals surface area contributed by atoms with Crippen molar-refractivity contribution in [3.8, 4) is 0 Å². The van der Waals surface area contributed by atoms with Gasteiger partial charge < -0.3 is 15.1 Å². The van der Waals surface area contributed by atoms with Gasteiger partial charge in [-0.1, -0.05) is 49.4 Å². The molecule has 1 heterocycles. The Labute approximate surface area is 188 Å². The summed E-state index contributed by atoms with van der Waals surface area (Å²) in [6.45, 7) is 2.60. The molecular formula is C25H29N3O2S. The molecule has 3 aromatic rings. The summed E-state index contributed by atoms with van der Waals surface area (Å²) in [5.41, 5.74) is 3.51. The van der Waals surface area contributed by atoms with Gasteiger partial charge in [0.05, 0.1) is 22.2 Å². The van der Waals surface area contributed by atoms with E-state index in [2.05, 4.69) is 41.4 Å². The molecule has 0 spiro atoms. The standard InChI is InChI=1S/C25H29N3O2S/c1-5-18-12-14-19(15-13-18)22(27(2)3)17-26-24(29)20-9-6-7-10-21(20)28(4)25(30)23-11-8-16-31-23/h6-16,22H,5,17H2,1-4H3,(H,26,29). The SMILES string of the molecule is CCc1ccc(C(CNC(=O)c2ccccc2N(C)C(=O)c2cccs2)N(C)C)cc1. The van der Waals surface area contributed by atoms with E-state index in [4.69, 9.17) is 0 Å². The van der Waals surface area contributed by atoms with Crippen LogP contribution in [-0.2, 0) is 6.42 Å². The molecule has 0 aliphatic carbocycles. The highest BCUT2D eigenvalue weighted by atomic mass is 32.1. The molecule has 31 heavy (non-hydrogen) atoms. The lowest BCUT2D eigenvalue weighted by molar-refractivity contribution is 0.0942. The fraction of sp³-hybridized carbons (Fsp3) is 0.280. The average molecular weight is 436 g/mol. The molecule has 6 heteroatoms. The summed E-state index contributed by atoms with van der Waals surface area (Å²) in [6, 6.07) is 19.4. The molecule has 2 aromatic carbocycles. The quantitative estimate of drug-likeness (QED) is 0.562. The van der Waals surface area contributed by atoms with Gasteiger partial charge in [0, 0.05) is 13.6 Å². The van der Waals surface area contributed by atoms with E-state index in [1.54, 1.807) is 25.2 Å². The van der Waals surface area contributed by atoms with Crippen LogP contribution in [0.4, 0.5) is 5.69 Å². The topological polar surface area (TPSA) is 52.7 Å². The van der Waals surface area contributed by atoms with E-state index in [1.165, 1.54) is 21.8 Å². The number of aryl methyl sites for hydroxylation is 1.